The fraction of sp³-hybridized carbons (Fsp3) is 0.429. The van der Waals surface area contributed by atoms with Crippen LogP contribution in [0.2, 0.25) is 0 Å². The van der Waals surface area contributed by atoms with Crippen molar-refractivity contribution in [2.24, 2.45) is 0 Å². The first-order chi connectivity index (χ1) is 13.2. The first-order valence-electron chi connectivity index (χ1n) is 8.94. The summed E-state index contributed by atoms with van der Waals surface area (Å²) in [7, 11) is 4.91. The van der Waals surface area contributed by atoms with Gasteiger partial charge in [0.25, 0.3) is 0 Å². The van der Waals surface area contributed by atoms with Gasteiger partial charge in [0.05, 0.1) is 20.8 Å². The van der Waals surface area contributed by atoms with Gasteiger partial charge in [0.1, 0.15) is 18.5 Å². The van der Waals surface area contributed by atoms with Crippen molar-refractivity contribution < 1.29 is 24.1 Å². The number of aliphatic hydroxyl groups excluding tert-OH is 1. The van der Waals surface area contributed by atoms with E-state index >= 15 is 0 Å². The Bertz CT molecular complexity index is 665. The highest BCUT2D eigenvalue weighted by Crippen LogP contribution is 2.28. The maximum atomic E-state index is 10.4. The highest BCUT2D eigenvalue weighted by atomic mass is 16.5. The number of hydrogen-bond donors (Lipinski definition) is 1. The van der Waals surface area contributed by atoms with Crippen molar-refractivity contribution in [3.8, 4) is 17.2 Å². The van der Waals surface area contributed by atoms with E-state index in [2.05, 4.69) is 4.90 Å². The van der Waals surface area contributed by atoms with Crippen molar-refractivity contribution >= 4 is 0 Å². The van der Waals surface area contributed by atoms with Gasteiger partial charge in [-0.15, -0.1) is 0 Å². The molecule has 0 aliphatic heterocycles. The molecule has 0 aliphatic carbocycles. The summed E-state index contributed by atoms with van der Waals surface area (Å²) in [5.41, 5.74) is 1.07. The molecule has 0 fully saturated rings. The minimum absolute atomic E-state index is 0.236. The number of rotatable bonds is 12. The number of para-hydroxylation sites is 1. The van der Waals surface area contributed by atoms with Crippen LogP contribution in [0.25, 0.3) is 0 Å². The SMILES string of the molecule is COCCN(Cc1ccc(OC)c(OC)c1)CC(O)COc1ccccc1. The molecule has 2 aromatic rings. The molecule has 0 saturated heterocycles. The Kier molecular flexibility index (Phi) is 8.91. The van der Waals surface area contributed by atoms with E-state index in [1.54, 1.807) is 21.3 Å². The molecule has 0 bridgehead atoms. The van der Waals surface area contributed by atoms with Gasteiger partial charge in [-0.1, -0.05) is 24.3 Å². The summed E-state index contributed by atoms with van der Waals surface area (Å²) in [4.78, 5) is 2.13. The molecule has 0 aromatic heterocycles. The summed E-state index contributed by atoms with van der Waals surface area (Å²) in [6, 6.07) is 15.3. The summed E-state index contributed by atoms with van der Waals surface area (Å²) in [6.07, 6.45) is -0.609. The number of benzene rings is 2. The van der Waals surface area contributed by atoms with E-state index in [0.717, 1.165) is 11.3 Å². The Morgan fingerprint density at radius 1 is 0.963 bits per heavy atom. The van der Waals surface area contributed by atoms with Crippen molar-refractivity contribution in [3.63, 3.8) is 0 Å². The second-order valence-electron chi connectivity index (χ2n) is 6.20. The van der Waals surface area contributed by atoms with Gasteiger partial charge in [-0.2, -0.15) is 0 Å². The van der Waals surface area contributed by atoms with Gasteiger partial charge >= 0.3 is 0 Å². The number of nitrogens with zero attached hydrogens (tertiary/aromatic N) is 1. The number of aliphatic hydroxyl groups is 1. The molecule has 1 N–H and O–H groups in total. The third kappa shape index (κ3) is 7.09. The largest absolute Gasteiger partial charge is 0.493 e. The standard InChI is InChI=1S/C21H29NO5/c1-24-12-11-22(14-17-9-10-20(25-2)21(13-17)26-3)15-18(23)16-27-19-7-5-4-6-8-19/h4-10,13,18,23H,11-12,14-16H2,1-3H3. The van der Waals surface area contributed by atoms with Crippen molar-refractivity contribution in [2.75, 3.05) is 47.6 Å². The lowest BCUT2D eigenvalue weighted by atomic mass is 10.1. The van der Waals surface area contributed by atoms with E-state index in [1.807, 2.05) is 48.5 Å². The van der Waals surface area contributed by atoms with E-state index in [1.165, 1.54) is 0 Å². The number of ether oxygens (including phenoxy) is 4. The van der Waals surface area contributed by atoms with Crippen LogP contribution >= 0.6 is 0 Å². The molecule has 6 nitrogen and oxygen atoms in total. The second kappa shape index (κ2) is 11.4. The minimum atomic E-state index is -0.609. The zero-order valence-electron chi connectivity index (χ0n) is 16.3. The maximum Gasteiger partial charge on any atom is 0.161 e. The van der Waals surface area contributed by atoms with Crippen LogP contribution in [0.1, 0.15) is 5.56 Å². The molecule has 1 atom stereocenters. The molecule has 0 heterocycles. The number of hydrogen-bond acceptors (Lipinski definition) is 6. The van der Waals surface area contributed by atoms with Crippen LogP contribution in [0, 0.1) is 0 Å². The van der Waals surface area contributed by atoms with Gasteiger partial charge < -0.3 is 24.1 Å². The molecule has 2 rings (SSSR count). The van der Waals surface area contributed by atoms with Crippen molar-refractivity contribution in [1.29, 1.82) is 0 Å². The van der Waals surface area contributed by atoms with Crippen LogP contribution in [-0.2, 0) is 11.3 Å². The first kappa shape index (κ1) is 21.0. The van der Waals surface area contributed by atoms with Gasteiger partial charge in [0, 0.05) is 26.7 Å². The summed E-state index contributed by atoms with van der Waals surface area (Å²) < 4.78 is 21.5. The quantitative estimate of drug-likeness (QED) is 0.615. The zero-order chi connectivity index (χ0) is 19.5. The van der Waals surface area contributed by atoms with Gasteiger partial charge in [0.2, 0.25) is 0 Å². The Labute approximate surface area is 161 Å². The van der Waals surface area contributed by atoms with Crippen LogP contribution in [0.4, 0.5) is 0 Å². The molecule has 0 amide bonds. The van der Waals surface area contributed by atoms with Crippen molar-refractivity contribution in [2.45, 2.75) is 12.6 Å². The van der Waals surface area contributed by atoms with E-state index in [0.29, 0.717) is 37.7 Å². The molecule has 1 unspecified atom stereocenters. The van der Waals surface area contributed by atoms with E-state index < -0.39 is 6.10 Å². The summed E-state index contributed by atoms with van der Waals surface area (Å²) >= 11 is 0. The third-order valence-electron chi connectivity index (χ3n) is 4.12. The molecule has 2 aromatic carbocycles. The average molecular weight is 375 g/mol. The van der Waals surface area contributed by atoms with Crippen LogP contribution in [0.5, 0.6) is 17.2 Å². The Morgan fingerprint density at radius 3 is 2.37 bits per heavy atom. The van der Waals surface area contributed by atoms with Crippen LogP contribution in [0.15, 0.2) is 48.5 Å². The fourth-order valence-corrected chi connectivity index (χ4v) is 2.75. The molecule has 6 heteroatoms. The van der Waals surface area contributed by atoms with E-state index in [4.69, 9.17) is 18.9 Å². The monoisotopic (exact) mass is 375 g/mol. The van der Waals surface area contributed by atoms with Crippen LogP contribution < -0.4 is 14.2 Å². The van der Waals surface area contributed by atoms with Gasteiger partial charge in [0.15, 0.2) is 11.5 Å². The minimum Gasteiger partial charge on any atom is -0.493 e. The lowest BCUT2D eigenvalue weighted by Gasteiger charge is -2.25. The molecule has 0 aliphatic rings. The van der Waals surface area contributed by atoms with Crippen molar-refractivity contribution in [1.82, 2.24) is 4.90 Å². The molecule has 0 spiro atoms. The topological polar surface area (TPSA) is 60.4 Å². The fourth-order valence-electron chi connectivity index (χ4n) is 2.75. The van der Waals surface area contributed by atoms with Crippen LogP contribution in [-0.4, -0.2) is 63.7 Å². The van der Waals surface area contributed by atoms with E-state index in [-0.39, 0.29) is 6.61 Å². The smallest absolute Gasteiger partial charge is 0.161 e. The normalized spacial score (nSPS) is 12.0. The molecular formula is C21H29NO5. The Balaban J connectivity index is 1.95. The predicted octanol–water partition coefficient (Wildman–Crippen LogP) is 2.59. The maximum absolute atomic E-state index is 10.4. The van der Waals surface area contributed by atoms with Crippen LogP contribution in [0.3, 0.4) is 0 Å². The van der Waals surface area contributed by atoms with Gasteiger partial charge in [-0.05, 0) is 29.8 Å². The highest BCUT2D eigenvalue weighted by Gasteiger charge is 2.14. The highest BCUT2D eigenvalue weighted by molar-refractivity contribution is 5.42. The molecular weight excluding hydrogens is 346 g/mol. The first-order valence-corrected chi connectivity index (χ1v) is 8.94. The molecule has 148 valence electrons. The average Bonchev–Trinajstić information content (AvgIpc) is 2.71. The molecule has 0 saturated carbocycles. The lowest BCUT2D eigenvalue weighted by molar-refractivity contribution is 0.0542. The Hall–Kier alpha value is -2.28. The second-order valence-corrected chi connectivity index (χ2v) is 6.20. The third-order valence-corrected chi connectivity index (χ3v) is 4.12. The molecule has 27 heavy (non-hydrogen) atoms. The lowest BCUT2D eigenvalue weighted by Crippen LogP contribution is -2.37. The summed E-state index contributed by atoms with van der Waals surface area (Å²) in [6.45, 7) is 2.66. The van der Waals surface area contributed by atoms with Crippen molar-refractivity contribution in [3.05, 3.63) is 54.1 Å². The van der Waals surface area contributed by atoms with Gasteiger partial charge in [-0.25, -0.2) is 0 Å². The molecule has 0 radical (unpaired) electrons. The Morgan fingerprint density at radius 2 is 1.70 bits per heavy atom. The summed E-state index contributed by atoms with van der Waals surface area (Å²) in [5, 5.41) is 10.4. The summed E-state index contributed by atoms with van der Waals surface area (Å²) in [5.74, 6) is 2.13. The predicted molar refractivity (Wildman–Crippen MR) is 105 cm³/mol. The van der Waals surface area contributed by atoms with E-state index in [9.17, 15) is 5.11 Å². The zero-order valence-corrected chi connectivity index (χ0v) is 16.3. The van der Waals surface area contributed by atoms with Gasteiger partial charge in [-0.3, -0.25) is 4.90 Å². The number of methoxy groups -OCH3 is 3.